The summed E-state index contributed by atoms with van der Waals surface area (Å²) in [5, 5.41) is 0. The van der Waals surface area contributed by atoms with E-state index in [0.29, 0.717) is 0 Å². The van der Waals surface area contributed by atoms with Crippen LogP contribution in [0.1, 0.15) is 27.7 Å². The van der Waals surface area contributed by atoms with Crippen molar-refractivity contribution < 1.29 is 24.8 Å². The van der Waals surface area contributed by atoms with Gasteiger partial charge in [-0.3, -0.25) is 0 Å². The minimum Gasteiger partial charge on any atom is -1.00 e. The fraction of sp³-hybridized carbons (Fsp3) is 1.00. The molecule has 68 valence electrons. The van der Waals surface area contributed by atoms with Gasteiger partial charge in [-0.1, -0.05) is 0 Å². The maximum atomic E-state index is 2.33. The Hall–Kier alpha value is 1.38. The Bertz CT molecular complexity index is 57.1. The SMILES string of the molecule is CC(C)[CH2][Sn+2][CH2]C(C)C.[Cl-].[Cl-]. The average molecular weight is 304 g/mol. The van der Waals surface area contributed by atoms with Crippen molar-refractivity contribution in [2.24, 2.45) is 11.8 Å². The normalized spacial score (nSPS) is 8.55. The van der Waals surface area contributed by atoms with Gasteiger partial charge in [0.15, 0.2) is 0 Å². The first kappa shape index (κ1) is 18.2. The van der Waals surface area contributed by atoms with Gasteiger partial charge in [0.05, 0.1) is 0 Å². The summed E-state index contributed by atoms with van der Waals surface area (Å²) in [6.45, 7) is 9.34. The summed E-state index contributed by atoms with van der Waals surface area (Å²) < 4.78 is 3.14. The minimum atomic E-state index is 0. The van der Waals surface area contributed by atoms with Crippen LogP contribution in [0.15, 0.2) is 0 Å². The summed E-state index contributed by atoms with van der Waals surface area (Å²) in [6, 6.07) is 0. The molecular formula is C8H18Cl2Sn. The van der Waals surface area contributed by atoms with Gasteiger partial charge in [-0.2, -0.15) is 0 Å². The van der Waals surface area contributed by atoms with Crippen molar-refractivity contribution in [1.82, 2.24) is 0 Å². The third-order valence-corrected chi connectivity index (χ3v) is 7.41. The van der Waals surface area contributed by atoms with Crippen LogP contribution in [0.25, 0.3) is 0 Å². The molecule has 0 amide bonds. The van der Waals surface area contributed by atoms with Crippen molar-refractivity contribution in [3.63, 3.8) is 0 Å². The zero-order chi connectivity index (χ0) is 7.28. The second-order valence-electron chi connectivity index (χ2n) is 3.45. The molecule has 0 heterocycles. The maximum Gasteiger partial charge on any atom is -1.00 e. The van der Waals surface area contributed by atoms with Crippen molar-refractivity contribution in [3.8, 4) is 0 Å². The van der Waals surface area contributed by atoms with E-state index in [2.05, 4.69) is 27.7 Å². The second-order valence-corrected chi connectivity index (χ2v) is 7.20. The van der Waals surface area contributed by atoms with Crippen LogP contribution in [0.4, 0.5) is 0 Å². The summed E-state index contributed by atoms with van der Waals surface area (Å²) in [7, 11) is 0. The third kappa shape index (κ3) is 18.4. The van der Waals surface area contributed by atoms with Crippen LogP contribution in [0.3, 0.4) is 0 Å². The minimum absolute atomic E-state index is 0. The van der Waals surface area contributed by atoms with Gasteiger partial charge in [0.25, 0.3) is 0 Å². The molecule has 0 aromatic carbocycles. The molecule has 11 heavy (non-hydrogen) atoms. The Balaban J connectivity index is -0.000000320. The zero-order valence-corrected chi connectivity index (χ0v) is 12.2. The van der Waals surface area contributed by atoms with E-state index in [-0.39, 0.29) is 46.0 Å². The molecule has 0 saturated heterocycles. The van der Waals surface area contributed by atoms with Crippen LogP contribution in [-0.4, -0.2) is 21.1 Å². The Labute approximate surface area is 93.9 Å². The molecule has 0 unspecified atom stereocenters. The van der Waals surface area contributed by atoms with E-state index in [0.717, 1.165) is 11.8 Å². The van der Waals surface area contributed by atoms with Gasteiger partial charge < -0.3 is 24.8 Å². The standard InChI is InChI=1S/2C4H9.2ClH.Sn/c2*1-4(2)3;;;/h2*4H,1H2,2-3H3;2*1H;/q;;;;+2/p-2. The van der Waals surface area contributed by atoms with Crippen molar-refractivity contribution in [2.45, 2.75) is 36.6 Å². The first-order chi connectivity index (χ1) is 4.13. The summed E-state index contributed by atoms with van der Waals surface area (Å²) in [6.07, 6.45) is 0. The maximum absolute atomic E-state index is 2.33. The second kappa shape index (κ2) is 11.4. The Morgan fingerprint density at radius 1 is 0.818 bits per heavy atom. The number of hydrogen-bond donors (Lipinski definition) is 0. The van der Waals surface area contributed by atoms with Crippen LogP contribution in [0.5, 0.6) is 0 Å². The smallest absolute Gasteiger partial charge is 1.00 e. The molecule has 0 aromatic heterocycles. The first-order valence-corrected chi connectivity index (χ1v) is 7.87. The molecule has 0 aliphatic heterocycles. The van der Waals surface area contributed by atoms with Crippen LogP contribution in [0.2, 0.25) is 8.87 Å². The molecule has 0 aliphatic carbocycles. The van der Waals surface area contributed by atoms with E-state index in [1.807, 2.05) is 0 Å². The number of rotatable bonds is 4. The van der Waals surface area contributed by atoms with Crippen molar-refractivity contribution >= 4 is 21.1 Å². The van der Waals surface area contributed by atoms with Gasteiger partial charge in [0, 0.05) is 0 Å². The monoisotopic (exact) mass is 304 g/mol. The van der Waals surface area contributed by atoms with E-state index in [1.54, 1.807) is 8.87 Å². The Kier molecular flexibility index (Phi) is 18.8. The zero-order valence-electron chi connectivity index (χ0n) is 7.82. The van der Waals surface area contributed by atoms with Gasteiger partial charge in [0.2, 0.25) is 0 Å². The Morgan fingerprint density at radius 2 is 1.09 bits per heavy atom. The molecule has 0 atom stereocenters. The molecule has 0 saturated carbocycles. The summed E-state index contributed by atoms with van der Waals surface area (Å²) in [4.78, 5) is 0. The van der Waals surface area contributed by atoms with Crippen molar-refractivity contribution in [2.75, 3.05) is 0 Å². The first-order valence-electron chi connectivity index (χ1n) is 3.83. The Morgan fingerprint density at radius 3 is 1.27 bits per heavy atom. The molecule has 0 aromatic rings. The topological polar surface area (TPSA) is 0 Å². The predicted octanol–water partition coefficient (Wildman–Crippen LogP) is -3.15. The van der Waals surface area contributed by atoms with Gasteiger partial charge >= 0.3 is 69.5 Å². The third-order valence-electron chi connectivity index (χ3n) is 1.11. The van der Waals surface area contributed by atoms with Gasteiger partial charge in [-0.25, -0.2) is 0 Å². The van der Waals surface area contributed by atoms with Crippen LogP contribution in [-0.2, 0) is 0 Å². The average Bonchev–Trinajstić information content (AvgIpc) is 1.63. The van der Waals surface area contributed by atoms with E-state index in [1.165, 1.54) is 0 Å². The molecule has 0 rings (SSSR count). The largest absolute Gasteiger partial charge is 1.00 e. The van der Waals surface area contributed by atoms with Crippen molar-refractivity contribution in [1.29, 1.82) is 0 Å². The fourth-order valence-electron chi connectivity index (χ4n) is 0.661. The van der Waals surface area contributed by atoms with Gasteiger partial charge in [-0.05, 0) is 0 Å². The summed E-state index contributed by atoms with van der Waals surface area (Å²) in [5.74, 6) is 1.94. The molecule has 0 bridgehead atoms. The van der Waals surface area contributed by atoms with Gasteiger partial charge in [-0.15, -0.1) is 0 Å². The van der Waals surface area contributed by atoms with Crippen LogP contribution in [0, 0.1) is 11.8 Å². The molecule has 0 fully saturated rings. The number of hydrogen-bond acceptors (Lipinski definition) is 0. The van der Waals surface area contributed by atoms with E-state index >= 15 is 0 Å². The molecule has 0 nitrogen and oxygen atoms in total. The fourth-order valence-corrected chi connectivity index (χ4v) is 4.43. The number of halogens is 2. The summed E-state index contributed by atoms with van der Waals surface area (Å²) >= 11 is 0.0709. The molecule has 0 aliphatic rings. The van der Waals surface area contributed by atoms with Crippen LogP contribution < -0.4 is 24.8 Å². The quantitative estimate of drug-likeness (QED) is 0.481. The predicted molar refractivity (Wildman–Crippen MR) is 45.0 cm³/mol. The molecule has 3 heteroatoms. The summed E-state index contributed by atoms with van der Waals surface area (Å²) in [5.41, 5.74) is 0. The van der Waals surface area contributed by atoms with Crippen molar-refractivity contribution in [3.05, 3.63) is 0 Å². The molecular weight excluding hydrogens is 286 g/mol. The molecule has 0 spiro atoms. The van der Waals surface area contributed by atoms with Crippen LogP contribution >= 0.6 is 0 Å². The molecule has 0 radical (unpaired) electrons. The van der Waals surface area contributed by atoms with E-state index in [9.17, 15) is 0 Å². The van der Waals surface area contributed by atoms with E-state index < -0.39 is 0 Å². The van der Waals surface area contributed by atoms with E-state index in [4.69, 9.17) is 0 Å². The molecule has 0 N–H and O–H groups in total. The van der Waals surface area contributed by atoms with Gasteiger partial charge in [0.1, 0.15) is 0 Å².